The van der Waals surface area contributed by atoms with Crippen molar-refractivity contribution < 1.29 is 4.74 Å². The third-order valence-electron chi connectivity index (χ3n) is 3.99. The van der Waals surface area contributed by atoms with Crippen LogP contribution in [0.5, 0.6) is 5.75 Å². The average molecular weight is 326 g/mol. The van der Waals surface area contributed by atoms with Gasteiger partial charge in [-0.2, -0.15) is 0 Å². The van der Waals surface area contributed by atoms with Crippen LogP contribution in [0.25, 0.3) is 5.65 Å². The summed E-state index contributed by atoms with van der Waals surface area (Å²) in [5.74, 6) is 2.49. The Kier molecular flexibility index (Phi) is 3.60. The molecular formula is C15H18N8O. The molecule has 0 radical (unpaired) electrons. The summed E-state index contributed by atoms with van der Waals surface area (Å²) < 4.78 is 7.61. The van der Waals surface area contributed by atoms with E-state index in [0.717, 1.165) is 36.9 Å². The van der Waals surface area contributed by atoms with Crippen molar-refractivity contribution in [2.45, 2.75) is 12.5 Å². The monoisotopic (exact) mass is 326 g/mol. The van der Waals surface area contributed by atoms with E-state index in [1.165, 1.54) is 4.63 Å². The summed E-state index contributed by atoms with van der Waals surface area (Å²) in [6, 6.07) is 7.64. The van der Waals surface area contributed by atoms with E-state index in [4.69, 9.17) is 4.74 Å². The van der Waals surface area contributed by atoms with Gasteiger partial charge in [0, 0.05) is 33.3 Å². The minimum Gasteiger partial charge on any atom is -0.485 e. The van der Waals surface area contributed by atoms with Crippen LogP contribution in [0.3, 0.4) is 0 Å². The predicted octanol–water partition coefficient (Wildman–Crippen LogP) is 0.638. The van der Waals surface area contributed by atoms with E-state index in [2.05, 4.69) is 30.5 Å². The van der Waals surface area contributed by atoms with Crippen LogP contribution in [-0.2, 0) is 0 Å². The Bertz CT molecular complexity index is 848. The summed E-state index contributed by atoms with van der Waals surface area (Å²) in [5, 5.41) is 15.8. The Morgan fingerprint density at radius 1 is 1.25 bits per heavy atom. The van der Waals surface area contributed by atoms with Gasteiger partial charge in [-0.15, -0.1) is 14.8 Å². The summed E-state index contributed by atoms with van der Waals surface area (Å²) in [5.41, 5.74) is 0.636. The highest BCUT2D eigenvalue weighted by Crippen LogP contribution is 2.27. The van der Waals surface area contributed by atoms with Crippen molar-refractivity contribution in [2.24, 2.45) is 0 Å². The number of anilines is 2. The molecule has 24 heavy (non-hydrogen) atoms. The molecule has 0 spiro atoms. The van der Waals surface area contributed by atoms with E-state index >= 15 is 0 Å². The molecule has 0 N–H and O–H groups in total. The number of fused-ring (bicyclic) bond motifs is 1. The van der Waals surface area contributed by atoms with E-state index in [1.807, 2.05) is 43.3 Å². The van der Waals surface area contributed by atoms with Gasteiger partial charge in [0.2, 0.25) is 0 Å². The summed E-state index contributed by atoms with van der Waals surface area (Å²) in [7, 11) is 3.92. The van der Waals surface area contributed by atoms with Crippen LogP contribution < -0.4 is 14.5 Å². The minimum atomic E-state index is 0.0965. The zero-order valence-electron chi connectivity index (χ0n) is 13.6. The molecule has 0 aromatic carbocycles. The Labute approximate surface area is 138 Å². The number of nitrogens with zero attached hydrogens (tertiary/aromatic N) is 8. The molecule has 9 heteroatoms. The van der Waals surface area contributed by atoms with Gasteiger partial charge in [0.05, 0.1) is 6.54 Å². The lowest BCUT2D eigenvalue weighted by molar-refractivity contribution is 0.225. The van der Waals surface area contributed by atoms with Crippen molar-refractivity contribution in [1.29, 1.82) is 0 Å². The first kappa shape index (κ1) is 14.6. The van der Waals surface area contributed by atoms with E-state index in [0.29, 0.717) is 5.65 Å². The molecule has 0 unspecified atom stereocenters. The molecule has 3 aromatic heterocycles. The number of rotatable bonds is 4. The maximum atomic E-state index is 6.17. The van der Waals surface area contributed by atoms with Crippen molar-refractivity contribution in [3.05, 3.63) is 30.5 Å². The van der Waals surface area contributed by atoms with Crippen LogP contribution in [-0.4, -0.2) is 63.5 Å². The number of ether oxygens (including phenoxy) is 1. The first-order valence-electron chi connectivity index (χ1n) is 7.80. The fourth-order valence-corrected chi connectivity index (χ4v) is 2.83. The second-order valence-electron chi connectivity index (χ2n) is 5.91. The van der Waals surface area contributed by atoms with E-state index in [9.17, 15) is 0 Å². The number of aromatic nitrogens is 6. The van der Waals surface area contributed by atoms with Gasteiger partial charge in [-0.25, -0.2) is 4.98 Å². The number of hydrogen-bond acceptors (Lipinski definition) is 8. The van der Waals surface area contributed by atoms with E-state index < -0.39 is 0 Å². The van der Waals surface area contributed by atoms with Gasteiger partial charge < -0.3 is 14.5 Å². The second-order valence-corrected chi connectivity index (χ2v) is 5.91. The molecule has 9 nitrogen and oxygen atoms in total. The SMILES string of the molecule is CN(C)c1ncccc1O[C@@H]1CCN(c2ccc3nnnn3n2)C1. The van der Waals surface area contributed by atoms with Gasteiger partial charge in [-0.3, -0.25) is 0 Å². The third kappa shape index (κ3) is 2.68. The maximum Gasteiger partial charge on any atom is 0.200 e. The molecule has 1 atom stereocenters. The van der Waals surface area contributed by atoms with Crippen molar-refractivity contribution in [3.8, 4) is 5.75 Å². The average Bonchev–Trinajstić information content (AvgIpc) is 3.23. The summed E-state index contributed by atoms with van der Waals surface area (Å²) in [6.07, 6.45) is 2.80. The molecule has 0 bridgehead atoms. The lowest BCUT2D eigenvalue weighted by Gasteiger charge is -2.20. The van der Waals surface area contributed by atoms with Gasteiger partial charge in [-0.1, -0.05) is 0 Å². The molecule has 1 aliphatic rings. The van der Waals surface area contributed by atoms with Crippen LogP contribution in [0.1, 0.15) is 6.42 Å². The standard InChI is InChI=1S/C15H18N8O/c1-21(2)15-12(4-3-8-16-15)24-11-7-9-22(10-11)14-6-5-13-17-19-20-23(13)18-14/h3-6,8,11H,7,9-10H2,1-2H3/t11-/m1/s1. The quantitative estimate of drug-likeness (QED) is 0.690. The molecule has 0 amide bonds. The smallest absolute Gasteiger partial charge is 0.200 e. The van der Waals surface area contributed by atoms with Crippen molar-refractivity contribution in [2.75, 3.05) is 37.0 Å². The summed E-state index contributed by atoms with van der Waals surface area (Å²) in [6.45, 7) is 1.64. The lowest BCUT2D eigenvalue weighted by Crippen LogP contribution is -2.26. The topological polar surface area (TPSA) is 84.6 Å². The molecule has 3 aromatic rings. The van der Waals surface area contributed by atoms with Crippen molar-refractivity contribution in [1.82, 2.24) is 30.2 Å². The second kappa shape index (κ2) is 5.91. The molecule has 4 heterocycles. The Morgan fingerprint density at radius 2 is 2.17 bits per heavy atom. The zero-order valence-corrected chi connectivity index (χ0v) is 13.6. The molecule has 1 aliphatic heterocycles. The van der Waals surface area contributed by atoms with Gasteiger partial charge >= 0.3 is 0 Å². The van der Waals surface area contributed by atoms with Crippen LogP contribution in [0.4, 0.5) is 11.6 Å². The highest BCUT2D eigenvalue weighted by Gasteiger charge is 2.26. The van der Waals surface area contributed by atoms with E-state index in [-0.39, 0.29) is 6.10 Å². The molecule has 1 saturated heterocycles. The molecule has 1 fully saturated rings. The fraction of sp³-hybridized carbons (Fsp3) is 0.400. The Morgan fingerprint density at radius 3 is 3.04 bits per heavy atom. The summed E-state index contributed by atoms with van der Waals surface area (Å²) in [4.78, 5) is 8.51. The van der Waals surface area contributed by atoms with Gasteiger partial charge in [-0.05, 0) is 34.7 Å². The van der Waals surface area contributed by atoms with Crippen LogP contribution >= 0.6 is 0 Å². The third-order valence-corrected chi connectivity index (χ3v) is 3.99. The van der Waals surface area contributed by atoms with Gasteiger partial charge in [0.1, 0.15) is 6.10 Å². The molecule has 0 saturated carbocycles. The van der Waals surface area contributed by atoms with E-state index in [1.54, 1.807) is 6.20 Å². The van der Waals surface area contributed by atoms with Crippen LogP contribution in [0, 0.1) is 0 Å². The Hall–Kier alpha value is -2.97. The zero-order chi connectivity index (χ0) is 16.5. The first-order valence-corrected chi connectivity index (χ1v) is 7.80. The Balaban J connectivity index is 1.48. The normalized spacial score (nSPS) is 17.4. The number of pyridine rings is 1. The van der Waals surface area contributed by atoms with Crippen molar-refractivity contribution >= 4 is 17.3 Å². The molecule has 0 aliphatic carbocycles. The van der Waals surface area contributed by atoms with Crippen LogP contribution in [0.15, 0.2) is 30.5 Å². The fourth-order valence-electron chi connectivity index (χ4n) is 2.83. The number of tetrazole rings is 1. The predicted molar refractivity (Wildman–Crippen MR) is 88.4 cm³/mol. The number of hydrogen-bond donors (Lipinski definition) is 0. The molecule has 4 rings (SSSR count). The summed E-state index contributed by atoms with van der Waals surface area (Å²) >= 11 is 0. The van der Waals surface area contributed by atoms with Gasteiger partial charge in [0.15, 0.2) is 23.0 Å². The first-order chi connectivity index (χ1) is 11.7. The lowest BCUT2D eigenvalue weighted by atomic mass is 10.3. The maximum absolute atomic E-state index is 6.17. The van der Waals surface area contributed by atoms with Crippen LogP contribution in [0.2, 0.25) is 0 Å². The van der Waals surface area contributed by atoms with Crippen molar-refractivity contribution in [3.63, 3.8) is 0 Å². The van der Waals surface area contributed by atoms with Gasteiger partial charge in [0.25, 0.3) is 0 Å². The highest BCUT2D eigenvalue weighted by atomic mass is 16.5. The molecule has 124 valence electrons. The molecular weight excluding hydrogens is 308 g/mol. The largest absolute Gasteiger partial charge is 0.485 e. The minimum absolute atomic E-state index is 0.0965. The highest BCUT2D eigenvalue weighted by molar-refractivity contribution is 5.51.